The van der Waals surface area contributed by atoms with Crippen LogP contribution in [0.5, 0.6) is 0 Å². The van der Waals surface area contributed by atoms with Crippen LogP contribution in [-0.2, 0) is 4.74 Å². The number of nitrogens with one attached hydrogen (secondary N) is 1. The number of carbonyl (C=O) groups excluding carboxylic acids is 1. The van der Waals surface area contributed by atoms with Crippen LogP contribution < -0.4 is 5.32 Å². The first kappa shape index (κ1) is 16.6. The molecule has 0 unspecified atom stereocenters. The maximum atomic E-state index is 14.2. The van der Waals surface area contributed by atoms with E-state index in [1.807, 2.05) is 29.5 Å². The number of halogens is 2. The molecule has 0 fully saturated rings. The fourth-order valence-electron chi connectivity index (χ4n) is 2.36. The van der Waals surface area contributed by atoms with Crippen LogP contribution in [0.4, 0.5) is 15.9 Å². The number of aromatic nitrogens is 3. The van der Waals surface area contributed by atoms with Gasteiger partial charge in [-0.05, 0) is 66.3 Å². The number of esters is 1. The molecule has 0 saturated heterocycles. The minimum Gasteiger partial charge on any atom is -0.462 e. The average Bonchev–Trinajstić information content (AvgIpc) is 3.02. The minimum atomic E-state index is -0.496. The molecule has 0 bridgehead atoms. The van der Waals surface area contributed by atoms with Gasteiger partial charge in [-0.15, -0.1) is 10.2 Å². The van der Waals surface area contributed by atoms with Gasteiger partial charge >= 0.3 is 5.97 Å². The van der Waals surface area contributed by atoms with Crippen LogP contribution in [0.1, 0.15) is 22.8 Å². The van der Waals surface area contributed by atoms with Gasteiger partial charge in [-0.25, -0.2) is 9.18 Å². The molecule has 124 valence electrons. The highest BCUT2D eigenvalue weighted by atomic mass is 127. The van der Waals surface area contributed by atoms with Gasteiger partial charge in [-0.3, -0.25) is 4.40 Å². The number of anilines is 2. The normalized spacial score (nSPS) is 10.8. The molecule has 0 aliphatic heterocycles. The summed E-state index contributed by atoms with van der Waals surface area (Å²) in [5, 5.41) is 10.9. The summed E-state index contributed by atoms with van der Waals surface area (Å²) >= 11 is 2.03. The molecule has 2 aromatic heterocycles. The van der Waals surface area contributed by atoms with Crippen molar-refractivity contribution in [1.82, 2.24) is 14.6 Å². The lowest BCUT2D eigenvalue weighted by Crippen LogP contribution is -2.12. The van der Waals surface area contributed by atoms with E-state index in [0.717, 1.165) is 9.13 Å². The van der Waals surface area contributed by atoms with Crippen LogP contribution in [0.3, 0.4) is 0 Å². The second-order valence-electron chi connectivity index (χ2n) is 5.08. The number of hydrogen-bond donors (Lipinski definition) is 1. The molecule has 6 nitrogen and oxygen atoms in total. The second-order valence-corrected chi connectivity index (χ2v) is 6.33. The van der Waals surface area contributed by atoms with E-state index in [2.05, 4.69) is 15.5 Å². The van der Waals surface area contributed by atoms with Crippen molar-refractivity contribution in [2.75, 3.05) is 11.9 Å². The molecule has 2 heterocycles. The fraction of sp³-hybridized carbons (Fsp3) is 0.188. The van der Waals surface area contributed by atoms with E-state index in [0.29, 0.717) is 17.0 Å². The number of benzene rings is 1. The average molecular weight is 440 g/mol. The quantitative estimate of drug-likeness (QED) is 0.495. The number of carbonyl (C=O) groups is 1. The zero-order chi connectivity index (χ0) is 17.3. The second kappa shape index (κ2) is 6.71. The third kappa shape index (κ3) is 3.05. The van der Waals surface area contributed by atoms with E-state index in [1.165, 1.54) is 12.4 Å². The van der Waals surface area contributed by atoms with Crippen LogP contribution in [-0.4, -0.2) is 27.2 Å². The van der Waals surface area contributed by atoms with Gasteiger partial charge in [0, 0.05) is 3.57 Å². The van der Waals surface area contributed by atoms with E-state index in [9.17, 15) is 9.18 Å². The zero-order valence-corrected chi connectivity index (χ0v) is 15.2. The first-order chi connectivity index (χ1) is 11.5. The van der Waals surface area contributed by atoms with Crippen LogP contribution in [0.15, 0.2) is 30.6 Å². The predicted molar refractivity (Wildman–Crippen MR) is 96.1 cm³/mol. The van der Waals surface area contributed by atoms with Gasteiger partial charge in [0.15, 0.2) is 5.65 Å². The van der Waals surface area contributed by atoms with E-state index >= 15 is 0 Å². The summed E-state index contributed by atoms with van der Waals surface area (Å²) in [4.78, 5) is 12.3. The molecule has 1 N–H and O–H groups in total. The molecule has 3 rings (SSSR count). The number of aryl methyl sites for hydroxylation is 1. The van der Waals surface area contributed by atoms with Gasteiger partial charge < -0.3 is 10.1 Å². The molecule has 1 aromatic carbocycles. The molecular weight excluding hydrogens is 426 g/mol. The summed E-state index contributed by atoms with van der Waals surface area (Å²) in [6.07, 6.45) is 1.47. The summed E-state index contributed by atoms with van der Waals surface area (Å²) in [6, 6.07) is 6.45. The van der Waals surface area contributed by atoms with Gasteiger partial charge in [0.25, 0.3) is 0 Å². The van der Waals surface area contributed by atoms with Crippen molar-refractivity contribution < 1.29 is 13.9 Å². The number of ether oxygens (including phenoxy) is 1. The van der Waals surface area contributed by atoms with Gasteiger partial charge in [0.1, 0.15) is 23.5 Å². The van der Waals surface area contributed by atoms with Crippen LogP contribution >= 0.6 is 22.6 Å². The number of pyridine rings is 1. The molecule has 0 saturated carbocycles. The van der Waals surface area contributed by atoms with Gasteiger partial charge in [-0.1, -0.05) is 0 Å². The summed E-state index contributed by atoms with van der Waals surface area (Å²) in [6.45, 7) is 3.80. The van der Waals surface area contributed by atoms with Crippen molar-refractivity contribution in [3.05, 3.63) is 51.1 Å². The number of rotatable bonds is 4. The summed E-state index contributed by atoms with van der Waals surface area (Å²) in [7, 11) is 0. The van der Waals surface area contributed by atoms with E-state index < -0.39 is 11.8 Å². The first-order valence-electron chi connectivity index (χ1n) is 7.23. The molecule has 3 aromatic rings. The van der Waals surface area contributed by atoms with Gasteiger partial charge in [-0.2, -0.15) is 0 Å². The molecule has 0 aliphatic carbocycles. The van der Waals surface area contributed by atoms with Gasteiger partial charge in [0.05, 0.1) is 12.3 Å². The molecule has 8 heteroatoms. The molecular formula is C16H14FIN4O2. The highest BCUT2D eigenvalue weighted by Crippen LogP contribution is 2.27. The smallest absolute Gasteiger partial charge is 0.341 e. The largest absolute Gasteiger partial charge is 0.462 e. The summed E-state index contributed by atoms with van der Waals surface area (Å²) in [5.41, 5.74) is 1.89. The minimum absolute atomic E-state index is 0.245. The Morgan fingerprint density at radius 2 is 2.21 bits per heavy atom. The van der Waals surface area contributed by atoms with Crippen molar-refractivity contribution in [1.29, 1.82) is 0 Å². The Kier molecular flexibility index (Phi) is 4.65. The highest BCUT2D eigenvalue weighted by Gasteiger charge is 2.19. The molecule has 24 heavy (non-hydrogen) atoms. The molecule has 0 radical (unpaired) electrons. The Morgan fingerprint density at radius 1 is 1.42 bits per heavy atom. The zero-order valence-electron chi connectivity index (χ0n) is 13.0. The third-order valence-electron chi connectivity index (χ3n) is 3.44. The van der Waals surface area contributed by atoms with Crippen molar-refractivity contribution in [2.45, 2.75) is 13.8 Å². The third-order valence-corrected chi connectivity index (χ3v) is 4.11. The Balaban J connectivity index is 2.16. The van der Waals surface area contributed by atoms with Crippen molar-refractivity contribution in [3.8, 4) is 0 Å². The van der Waals surface area contributed by atoms with Crippen molar-refractivity contribution in [2.24, 2.45) is 0 Å². The Hall–Kier alpha value is -2.23. The first-order valence-corrected chi connectivity index (χ1v) is 8.31. The molecule has 0 amide bonds. The number of nitrogens with zero attached hydrogens (tertiary/aromatic N) is 3. The van der Waals surface area contributed by atoms with E-state index in [4.69, 9.17) is 4.74 Å². The van der Waals surface area contributed by atoms with Crippen LogP contribution in [0, 0.1) is 16.3 Å². The maximum Gasteiger partial charge on any atom is 0.341 e. The Bertz CT molecular complexity index is 926. The monoisotopic (exact) mass is 440 g/mol. The molecule has 0 atom stereocenters. The Labute approximate surface area is 151 Å². The summed E-state index contributed by atoms with van der Waals surface area (Å²) in [5.74, 6) is -0.553. The van der Waals surface area contributed by atoms with Crippen LogP contribution in [0.2, 0.25) is 0 Å². The van der Waals surface area contributed by atoms with Crippen molar-refractivity contribution in [3.63, 3.8) is 0 Å². The molecule has 0 spiro atoms. The standard InChI is InChI=1S/C16H14FIN4O2/c1-3-24-16(23)11-6-9(2)14-21-19-8-22(14)15(11)20-13-5-4-10(18)7-12(13)17/h4-8,20H,3H2,1-2H3. The lowest BCUT2D eigenvalue weighted by Gasteiger charge is -2.15. The molecule has 0 aliphatic rings. The SMILES string of the molecule is CCOC(=O)c1cc(C)c2nncn2c1Nc1ccc(I)cc1F. The van der Waals surface area contributed by atoms with Crippen LogP contribution in [0.25, 0.3) is 5.65 Å². The summed E-state index contributed by atoms with van der Waals surface area (Å²) < 4.78 is 21.7. The number of hydrogen-bond acceptors (Lipinski definition) is 5. The fourth-order valence-corrected chi connectivity index (χ4v) is 2.81. The highest BCUT2D eigenvalue weighted by molar-refractivity contribution is 14.1. The van der Waals surface area contributed by atoms with Crippen molar-refractivity contribution >= 4 is 45.7 Å². The van der Waals surface area contributed by atoms with E-state index in [1.54, 1.807) is 29.5 Å². The van der Waals surface area contributed by atoms with Gasteiger partial charge in [0.2, 0.25) is 0 Å². The topological polar surface area (TPSA) is 68.5 Å². The predicted octanol–water partition coefficient (Wildman–Crippen LogP) is 3.70. The lowest BCUT2D eigenvalue weighted by atomic mass is 10.1. The lowest BCUT2D eigenvalue weighted by molar-refractivity contribution is 0.0527. The van der Waals surface area contributed by atoms with E-state index in [-0.39, 0.29) is 12.3 Å². The Morgan fingerprint density at radius 3 is 2.92 bits per heavy atom. The number of fused-ring (bicyclic) bond motifs is 1. The maximum absolute atomic E-state index is 14.2.